The number of rotatable bonds is 8. The van der Waals surface area contributed by atoms with Gasteiger partial charge in [-0.05, 0) is 49.4 Å². The number of hydrogen-bond acceptors (Lipinski definition) is 1. The summed E-state index contributed by atoms with van der Waals surface area (Å²) in [6.45, 7) is 2.69. The molecule has 4 unspecified atom stereocenters. The lowest BCUT2D eigenvalue weighted by Crippen LogP contribution is -1.91. The van der Waals surface area contributed by atoms with Crippen LogP contribution in [0.1, 0.15) is 58.3 Å². The van der Waals surface area contributed by atoms with Gasteiger partial charge in [0.05, 0.1) is 0 Å². The Kier molecular flexibility index (Phi) is 4.07. The maximum absolute atomic E-state index is 8.84. The maximum atomic E-state index is 8.84. The zero-order valence-corrected chi connectivity index (χ0v) is 10.1. The van der Waals surface area contributed by atoms with Crippen molar-refractivity contribution in [2.24, 2.45) is 23.7 Å². The van der Waals surface area contributed by atoms with Crippen LogP contribution in [0.15, 0.2) is 0 Å². The van der Waals surface area contributed by atoms with Crippen molar-refractivity contribution in [3.8, 4) is 0 Å². The Bertz CT molecular complexity index is 190. The van der Waals surface area contributed by atoms with Gasteiger partial charge in [-0.2, -0.15) is 0 Å². The molecule has 2 rings (SSSR count). The van der Waals surface area contributed by atoms with Crippen LogP contribution in [0.4, 0.5) is 0 Å². The molecule has 0 spiro atoms. The van der Waals surface area contributed by atoms with Crippen molar-refractivity contribution in [2.75, 3.05) is 6.61 Å². The lowest BCUT2D eigenvalue weighted by molar-refractivity contribution is 0.275. The Morgan fingerprint density at radius 3 is 2.20 bits per heavy atom. The molecule has 1 N–H and O–H groups in total. The van der Waals surface area contributed by atoms with Crippen LogP contribution in [-0.4, -0.2) is 11.7 Å². The van der Waals surface area contributed by atoms with E-state index in [0.29, 0.717) is 6.61 Å². The molecule has 0 bridgehead atoms. The molecule has 15 heavy (non-hydrogen) atoms. The molecule has 2 aliphatic carbocycles. The average molecular weight is 210 g/mol. The smallest absolute Gasteiger partial charge is 0.0433 e. The topological polar surface area (TPSA) is 20.2 Å². The maximum Gasteiger partial charge on any atom is 0.0433 e. The van der Waals surface area contributed by atoms with Gasteiger partial charge in [0.2, 0.25) is 0 Å². The van der Waals surface area contributed by atoms with Gasteiger partial charge in [-0.25, -0.2) is 0 Å². The summed E-state index contributed by atoms with van der Waals surface area (Å²) in [7, 11) is 0. The van der Waals surface area contributed by atoms with Gasteiger partial charge in [-0.1, -0.05) is 32.6 Å². The molecule has 0 aromatic heterocycles. The third-order valence-electron chi connectivity index (χ3n) is 4.42. The Morgan fingerprint density at radius 2 is 1.60 bits per heavy atom. The zero-order chi connectivity index (χ0) is 10.7. The highest BCUT2D eigenvalue weighted by Crippen LogP contribution is 2.54. The third-order valence-corrected chi connectivity index (χ3v) is 4.42. The molecule has 0 radical (unpaired) electrons. The van der Waals surface area contributed by atoms with Gasteiger partial charge in [0, 0.05) is 6.61 Å². The summed E-state index contributed by atoms with van der Waals surface area (Å²) in [5.41, 5.74) is 0. The van der Waals surface area contributed by atoms with Gasteiger partial charge in [0.15, 0.2) is 0 Å². The predicted octanol–water partition coefficient (Wildman–Crippen LogP) is 3.61. The van der Waals surface area contributed by atoms with E-state index in [1.165, 1.54) is 44.9 Å². The average Bonchev–Trinajstić information content (AvgIpc) is 3.10. The molecule has 0 amide bonds. The minimum atomic E-state index is 0.408. The summed E-state index contributed by atoms with van der Waals surface area (Å²) in [4.78, 5) is 0. The fourth-order valence-corrected chi connectivity index (χ4v) is 3.12. The standard InChI is InChI=1S/C14H26O/c1-2-3-4-5-11-8-13(11)10-14-9-12(14)6-7-15/h11-15H,2-10H2,1H3. The summed E-state index contributed by atoms with van der Waals surface area (Å²) < 4.78 is 0. The van der Waals surface area contributed by atoms with Gasteiger partial charge in [-0.3, -0.25) is 0 Å². The van der Waals surface area contributed by atoms with Gasteiger partial charge in [0.1, 0.15) is 0 Å². The highest BCUT2D eigenvalue weighted by molar-refractivity contribution is 4.94. The molecule has 1 nitrogen and oxygen atoms in total. The molecular formula is C14H26O. The molecular weight excluding hydrogens is 184 g/mol. The van der Waals surface area contributed by atoms with Crippen molar-refractivity contribution in [2.45, 2.75) is 58.3 Å². The van der Waals surface area contributed by atoms with Crippen LogP contribution in [0.2, 0.25) is 0 Å². The molecule has 88 valence electrons. The van der Waals surface area contributed by atoms with E-state index in [1.807, 2.05) is 0 Å². The van der Waals surface area contributed by atoms with E-state index in [0.717, 1.165) is 30.1 Å². The Balaban J connectivity index is 1.49. The number of aliphatic hydroxyl groups excluding tert-OH is 1. The fourth-order valence-electron chi connectivity index (χ4n) is 3.12. The highest BCUT2D eigenvalue weighted by Gasteiger charge is 2.44. The van der Waals surface area contributed by atoms with Crippen LogP contribution >= 0.6 is 0 Å². The van der Waals surface area contributed by atoms with E-state index in [4.69, 9.17) is 5.11 Å². The summed E-state index contributed by atoms with van der Waals surface area (Å²) in [6, 6.07) is 0. The van der Waals surface area contributed by atoms with E-state index < -0.39 is 0 Å². The zero-order valence-electron chi connectivity index (χ0n) is 10.1. The van der Waals surface area contributed by atoms with Gasteiger partial charge in [-0.15, -0.1) is 0 Å². The SMILES string of the molecule is CCCCCC1CC1CC1CC1CCO. The van der Waals surface area contributed by atoms with Crippen LogP contribution in [-0.2, 0) is 0 Å². The van der Waals surface area contributed by atoms with Crippen molar-refractivity contribution in [3.63, 3.8) is 0 Å². The summed E-state index contributed by atoms with van der Waals surface area (Å²) in [5, 5.41) is 8.84. The second-order valence-corrected chi connectivity index (χ2v) is 5.76. The van der Waals surface area contributed by atoms with Crippen LogP contribution < -0.4 is 0 Å². The molecule has 2 aliphatic rings. The molecule has 0 aliphatic heterocycles. The second kappa shape index (κ2) is 5.34. The first kappa shape index (κ1) is 11.4. The number of aliphatic hydroxyl groups is 1. The van der Waals surface area contributed by atoms with E-state index in [1.54, 1.807) is 0 Å². The fraction of sp³-hybridized carbons (Fsp3) is 1.00. The Hall–Kier alpha value is -0.0400. The van der Waals surface area contributed by atoms with Crippen LogP contribution in [0.3, 0.4) is 0 Å². The molecule has 0 aromatic carbocycles. The quantitative estimate of drug-likeness (QED) is 0.607. The third kappa shape index (κ3) is 3.48. The summed E-state index contributed by atoms with van der Waals surface area (Å²) >= 11 is 0. The summed E-state index contributed by atoms with van der Waals surface area (Å²) in [6.07, 6.45) is 11.2. The van der Waals surface area contributed by atoms with Crippen molar-refractivity contribution in [1.29, 1.82) is 0 Å². The molecule has 0 heterocycles. The molecule has 0 aromatic rings. The van der Waals surface area contributed by atoms with Gasteiger partial charge in [0.25, 0.3) is 0 Å². The first-order chi connectivity index (χ1) is 7.35. The molecule has 0 saturated heterocycles. The van der Waals surface area contributed by atoms with Gasteiger partial charge < -0.3 is 5.11 Å². The van der Waals surface area contributed by atoms with Crippen molar-refractivity contribution >= 4 is 0 Å². The van der Waals surface area contributed by atoms with Crippen molar-refractivity contribution < 1.29 is 5.11 Å². The minimum absolute atomic E-state index is 0.408. The number of hydrogen-bond donors (Lipinski definition) is 1. The minimum Gasteiger partial charge on any atom is -0.396 e. The monoisotopic (exact) mass is 210 g/mol. The van der Waals surface area contributed by atoms with Crippen LogP contribution in [0.25, 0.3) is 0 Å². The normalized spacial score (nSPS) is 38.0. The van der Waals surface area contributed by atoms with Crippen LogP contribution in [0.5, 0.6) is 0 Å². The number of unbranched alkanes of at least 4 members (excludes halogenated alkanes) is 2. The van der Waals surface area contributed by atoms with E-state index in [2.05, 4.69) is 6.92 Å². The molecule has 2 saturated carbocycles. The summed E-state index contributed by atoms with van der Waals surface area (Å²) in [5.74, 6) is 4.06. The Labute approximate surface area is 94.3 Å². The first-order valence-corrected chi connectivity index (χ1v) is 6.96. The van der Waals surface area contributed by atoms with E-state index in [9.17, 15) is 0 Å². The second-order valence-electron chi connectivity index (χ2n) is 5.76. The van der Waals surface area contributed by atoms with Crippen LogP contribution in [0, 0.1) is 23.7 Å². The predicted molar refractivity (Wildman–Crippen MR) is 63.7 cm³/mol. The Morgan fingerprint density at radius 1 is 0.933 bits per heavy atom. The lowest BCUT2D eigenvalue weighted by atomic mass is 10.1. The lowest BCUT2D eigenvalue weighted by Gasteiger charge is -1.99. The molecule has 1 heteroatoms. The van der Waals surface area contributed by atoms with Crippen molar-refractivity contribution in [3.05, 3.63) is 0 Å². The molecule has 2 fully saturated rings. The molecule has 4 atom stereocenters. The van der Waals surface area contributed by atoms with E-state index >= 15 is 0 Å². The first-order valence-electron chi connectivity index (χ1n) is 6.96. The largest absolute Gasteiger partial charge is 0.396 e. The van der Waals surface area contributed by atoms with E-state index in [-0.39, 0.29) is 0 Å². The highest BCUT2D eigenvalue weighted by atomic mass is 16.3. The van der Waals surface area contributed by atoms with Crippen molar-refractivity contribution in [1.82, 2.24) is 0 Å². The van der Waals surface area contributed by atoms with Gasteiger partial charge >= 0.3 is 0 Å².